The van der Waals surface area contributed by atoms with Crippen molar-refractivity contribution in [3.05, 3.63) is 263 Å². The van der Waals surface area contributed by atoms with E-state index in [1.807, 2.05) is 0 Å². The van der Waals surface area contributed by atoms with Crippen molar-refractivity contribution in [3.8, 4) is 0 Å². The molecule has 0 aliphatic heterocycles. The summed E-state index contributed by atoms with van der Waals surface area (Å²) in [6.45, 7) is 0. The Kier molecular flexibility index (Phi) is 14.1. The summed E-state index contributed by atoms with van der Waals surface area (Å²) in [6.07, 6.45) is 3.89. The van der Waals surface area contributed by atoms with Crippen LogP contribution in [0, 0.1) is 0 Å². The van der Waals surface area contributed by atoms with Crippen molar-refractivity contribution in [2.45, 2.75) is 25.7 Å². The number of rotatable bonds is 11. The van der Waals surface area contributed by atoms with Crippen LogP contribution < -0.4 is 15.9 Å². The molecule has 0 heterocycles. The standard InChI is InChI=1S/C33H29.C18H15P.Au/c1-5-13-26(14-6-1)21-30-25-31(22-27-15-7-2-8-16-27)33(24-29-19-11-4-12-20-29)32(30)23-28-17-9-3-10-18-28;1-4-10-16(11-5-1)19(17-12-6-2-7-13-17)18-14-8-3-9-15-18;/h1-20,25H,21-24H2;1-15H;/q-1;;+1. The van der Waals surface area contributed by atoms with Gasteiger partial charge < -0.3 is 0 Å². The van der Waals surface area contributed by atoms with Gasteiger partial charge in [-0.1, -0.05) is 236 Å². The Morgan fingerprint density at radius 3 is 0.774 bits per heavy atom. The molecule has 0 spiro atoms. The van der Waals surface area contributed by atoms with E-state index in [4.69, 9.17) is 0 Å². The molecule has 0 saturated carbocycles. The minimum Gasteiger partial charge on any atom is -0.187 e. The summed E-state index contributed by atoms with van der Waals surface area (Å²) in [5.74, 6) is 0. The van der Waals surface area contributed by atoms with Crippen LogP contribution in [0.25, 0.3) is 0 Å². The van der Waals surface area contributed by atoms with Gasteiger partial charge >= 0.3 is 22.4 Å². The molecule has 53 heavy (non-hydrogen) atoms. The Hall–Kier alpha value is -4.94. The van der Waals surface area contributed by atoms with Gasteiger partial charge in [-0.2, -0.15) is 28.3 Å². The predicted octanol–water partition coefficient (Wildman–Crippen LogP) is 11.2. The molecular formula is C51H44AuP. The van der Waals surface area contributed by atoms with Gasteiger partial charge in [-0.15, -0.1) is 0 Å². The zero-order valence-electron chi connectivity index (χ0n) is 29.9. The van der Waals surface area contributed by atoms with Gasteiger partial charge in [-0.05, 0) is 47.8 Å². The zero-order chi connectivity index (χ0) is 35.2. The van der Waals surface area contributed by atoms with Gasteiger partial charge in [0, 0.05) is 0 Å². The summed E-state index contributed by atoms with van der Waals surface area (Å²) in [5, 5.41) is 4.19. The van der Waals surface area contributed by atoms with Crippen molar-refractivity contribution in [1.29, 1.82) is 0 Å². The Balaban J connectivity index is 0.000000204. The van der Waals surface area contributed by atoms with Crippen LogP contribution in [0.1, 0.15) is 44.5 Å². The summed E-state index contributed by atoms with van der Waals surface area (Å²) >= 11 is 0. The molecule has 8 rings (SSSR count). The summed E-state index contributed by atoms with van der Waals surface area (Å²) in [6, 6.07) is 78.4. The SMILES string of the molecule is [Au+].c1ccc(Cc2[cH-]c(Cc3ccccc3)c(Cc3ccccc3)c2Cc2ccccc2)cc1.c1ccc(P(c2ccccc2)c2ccccc2)cc1. The second-order valence-corrected chi connectivity index (χ2v) is 15.4. The number of benzene rings is 7. The smallest absolute Gasteiger partial charge is 0.187 e. The molecule has 0 nitrogen and oxygen atoms in total. The van der Waals surface area contributed by atoms with Crippen molar-refractivity contribution in [1.82, 2.24) is 0 Å². The van der Waals surface area contributed by atoms with E-state index in [0.717, 1.165) is 25.7 Å². The molecule has 2 heteroatoms. The first kappa shape index (κ1) is 37.8. The van der Waals surface area contributed by atoms with Crippen LogP contribution in [0.3, 0.4) is 0 Å². The van der Waals surface area contributed by atoms with Crippen molar-refractivity contribution in [2.75, 3.05) is 0 Å². The van der Waals surface area contributed by atoms with E-state index in [1.165, 1.54) is 60.4 Å². The molecule has 0 aromatic heterocycles. The van der Waals surface area contributed by atoms with E-state index in [9.17, 15) is 0 Å². The van der Waals surface area contributed by atoms with Gasteiger partial charge in [-0.25, -0.2) is 0 Å². The fourth-order valence-corrected chi connectivity index (χ4v) is 9.24. The van der Waals surface area contributed by atoms with Crippen LogP contribution in [-0.2, 0) is 48.1 Å². The van der Waals surface area contributed by atoms with Gasteiger partial charge in [0.05, 0.1) is 0 Å². The van der Waals surface area contributed by atoms with Crippen molar-refractivity contribution >= 4 is 23.8 Å². The van der Waals surface area contributed by atoms with Crippen LogP contribution in [0.4, 0.5) is 0 Å². The van der Waals surface area contributed by atoms with Crippen molar-refractivity contribution in [3.63, 3.8) is 0 Å². The van der Waals surface area contributed by atoms with Gasteiger partial charge in [0.1, 0.15) is 0 Å². The Labute approximate surface area is 332 Å². The second kappa shape index (κ2) is 19.8. The Morgan fingerprint density at radius 1 is 0.283 bits per heavy atom. The molecule has 0 radical (unpaired) electrons. The number of hydrogen-bond acceptors (Lipinski definition) is 0. The summed E-state index contributed by atoms with van der Waals surface area (Å²) < 4.78 is 0. The molecule has 0 fully saturated rings. The number of hydrogen-bond donors (Lipinski definition) is 0. The van der Waals surface area contributed by atoms with Gasteiger partial charge in [0.25, 0.3) is 0 Å². The van der Waals surface area contributed by atoms with Crippen molar-refractivity contribution in [2.24, 2.45) is 0 Å². The van der Waals surface area contributed by atoms with Gasteiger partial charge in [-0.3, -0.25) is 0 Å². The average molecular weight is 885 g/mol. The van der Waals surface area contributed by atoms with E-state index >= 15 is 0 Å². The Bertz CT molecular complexity index is 2000. The molecular weight excluding hydrogens is 841 g/mol. The third-order valence-corrected chi connectivity index (χ3v) is 11.9. The molecule has 8 aromatic carbocycles. The molecule has 0 unspecified atom stereocenters. The average Bonchev–Trinajstić information content (AvgIpc) is 3.51. The first-order chi connectivity index (χ1) is 25.8. The quantitative estimate of drug-likeness (QED) is 0.0690. The van der Waals surface area contributed by atoms with Gasteiger partial charge in [0.2, 0.25) is 0 Å². The van der Waals surface area contributed by atoms with Crippen LogP contribution in [0.2, 0.25) is 0 Å². The van der Waals surface area contributed by atoms with Crippen molar-refractivity contribution < 1.29 is 22.4 Å². The molecule has 0 aliphatic rings. The zero-order valence-corrected chi connectivity index (χ0v) is 32.9. The fraction of sp³-hybridized carbons (Fsp3) is 0.0784. The summed E-state index contributed by atoms with van der Waals surface area (Å²) in [7, 11) is -0.446. The largest absolute Gasteiger partial charge is 1.00 e. The molecule has 0 bridgehead atoms. The maximum absolute atomic E-state index is 2.48. The molecule has 0 atom stereocenters. The fourth-order valence-electron chi connectivity index (χ4n) is 6.94. The minimum atomic E-state index is -0.446. The second-order valence-electron chi connectivity index (χ2n) is 13.1. The van der Waals surface area contributed by atoms with Crippen LogP contribution >= 0.6 is 7.92 Å². The van der Waals surface area contributed by atoms with E-state index in [0.29, 0.717) is 0 Å². The normalized spacial score (nSPS) is 10.6. The topological polar surface area (TPSA) is 0 Å². The monoisotopic (exact) mass is 884 g/mol. The van der Waals surface area contributed by atoms with E-state index in [1.54, 1.807) is 0 Å². The minimum absolute atomic E-state index is 0. The maximum atomic E-state index is 2.48. The molecule has 0 N–H and O–H groups in total. The van der Waals surface area contributed by atoms with Crippen LogP contribution in [-0.4, -0.2) is 0 Å². The third-order valence-electron chi connectivity index (χ3n) is 9.45. The third kappa shape index (κ3) is 10.6. The molecule has 0 aliphatic carbocycles. The first-order valence-corrected chi connectivity index (χ1v) is 19.5. The predicted molar refractivity (Wildman–Crippen MR) is 224 cm³/mol. The van der Waals surface area contributed by atoms with Crippen LogP contribution in [0.5, 0.6) is 0 Å². The Morgan fingerprint density at radius 2 is 0.509 bits per heavy atom. The van der Waals surface area contributed by atoms with E-state index in [2.05, 4.69) is 218 Å². The molecule has 8 aromatic rings. The first-order valence-electron chi connectivity index (χ1n) is 18.2. The van der Waals surface area contributed by atoms with Crippen LogP contribution in [0.15, 0.2) is 218 Å². The van der Waals surface area contributed by atoms with Gasteiger partial charge in [0.15, 0.2) is 0 Å². The molecule has 0 amide bonds. The summed E-state index contributed by atoms with van der Waals surface area (Å²) in [4.78, 5) is 0. The molecule has 264 valence electrons. The summed E-state index contributed by atoms with van der Waals surface area (Å²) in [5.41, 5.74) is 11.4. The van der Waals surface area contributed by atoms with E-state index in [-0.39, 0.29) is 22.4 Å². The molecule has 0 saturated heterocycles. The maximum Gasteiger partial charge on any atom is 1.00 e. The van der Waals surface area contributed by atoms with E-state index < -0.39 is 7.92 Å².